The zero-order valence-corrected chi connectivity index (χ0v) is 10.5. The standard InChI is InChI=1S/C10H21OS2/c1-10(2,3)9(11)5-8-13-7-4-6-12/h9,11H,4-8H2,1-3H3. The minimum Gasteiger partial charge on any atom is -0.393 e. The van der Waals surface area contributed by atoms with Crippen LogP contribution in [0.15, 0.2) is 0 Å². The van der Waals surface area contributed by atoms with Crippen molar-refractivity contribution in [1.82, 2.24) is 0 Å². The summed E-state index contributed by atoms with van der Waals surface area (Å²) in [6.07, 6.45) is 1.83. The van der Waals surface area contributed by atoms with Gasteiger partial charge in [-0.05, 0) is 29.8 Å². The Hall–Kier alpha value is 0.660. The van der Waals surface area contributed by atoms with Crippen LogP contribution in [0.25, 0.3) is 0 Å². The summed E-state index contributed by atoms with van der Waals surface area (Å²) in [5.74, 6) is 3.04. The molecule has 1 nitrogen and oxygen atoms in total. The van der Waals surface area contributed by atoms with Crippen LogP contribution in [0, 0.1) is 5.41 Å². The second kappa shape index (κ2) is 7.02. The average molecular weight is 221 g/mol. The lowest BCUT2D eigenvalue weighted by atomic mass is 9.88. The van der Waals surface area contributed by atoms with Gasteiger partial charge in [0.25, 0.3) is 0 Å². The van der Waals surface area contributed by atoms with E-state index in [-0.39, 0.29) is 11.5 Å². The molecule has 0 bridgehead atoms. The van der Waals surface area contributed by atoms with Gasteiger partial charge in [-0.25, -0.2) is 0 Å². The van der Waals surface area contributed by atoms with Gasteiger partial charge in [0.05, 0.1) is 6.10 Å². The fraction of sp³-hybridized carbons (Fsp3) is 1.00. The van der Waals surface area contributed by atoms with Gasteiger partial charge in [0.15, 0.2) is 0 Å². The van der Waals surface area contributed by atoms with Crippen molar-refractivity contribution in [3.63, 3.8) is 0 Å². The lowest BCUT2D eigenvalue weighted by molar-refractivity contribution is 0.0610. The second-order valence-electron chi connectivity index (χ2n) is 4.34. The van der Waals surface area contributed by atoms with E-state index in [0.717, 1.165) is 30.1 Å². The summed E-state index contributed by atoms with van der Waals surface area (Å²) >= 11 is 6.75. The summed E-state index contributed by atoms with van der Waals surface area (Å²) in [5, 5.41) is 9.71. The highest BCUT2D eigenvalue weighted by atomic mass is 32.2. The fourth-order valence-corrected chi connectivity index (χ4v) is 2.16. The van der Waals surface area contributed by atoms with Gasteiger partial charge in [-0.3, -0.25) is 0 Å². The lowest BCUT2D eigenvalue weighted by Gasteiger charge is -2.25. The van der Waals surface area contributed by atoms with Crippen molar-refractivity contribution in [2.75, 3.05) is 17.3 Å². The molecule has 0 aromatic heterocycles. The molecule has 0 amide bonds. The van der Waals surface area contributed by atoms with Crippen molar-refractivity contribution < 1.29 is 5.11 Å². The quantitative estimate of drug-likeness (QED) is 0.696. The summed E-state index contributed by atoms with van der Waals surface area (Å²) in [4.78, 5) is 0. The molecule has 0 heterocycles. The molecule has 0 saturated heterocycles. The highest BCUT2D eigenvalue weighted by Crippen LogP contribution is 2.22. The van der Waals surface area contributed by atoms with Gasteiger partial charge < -0.3 is 5.11 Å². The Kier molecular flexibility index (Phi) is 7.37. The van der Waals surface area contributed by atoms with Crippen molar-refractivity contribution in [3.8, 4) is 0 Å². The third-order valence-corrected chi connectivity index (χ3v) is 3.36. The van der Waals surface area contributed by atoms with E-state index < -0.39 is 0 Å². The first-order valence-corrected chi connectivity index (χ1v) is 6.55. The number of rotatable bonds is 6. The van der Waals surface area contributed by atoms with Crippen LogP contribution in [-0.2, 0) is 0 Å². The smallest absolute Gasteiger partial charge is 0.0596 e. The van der Waals surface area contributed by atoms with Gasteiger partial charge in [0, 0.05) is 5.75 Å². The molecule has 1 radical (unpaired) electrons. The van der Waals surface area contributed by atoms with Crippen LogP contribution in [0.5, 0.6) is 0 Å². The van der Waals surface area contributed by atoms with Gasteiger partial charge >= 0.3 is 0 Å². The molecule has 0 aliphatic heterocycles. The maximum atomic E-state index is 9.71. The highest BCUT2D eigenvalue weighted by molar-refractivity contribution is 7.99. The zero-order valence-electron chi connectivity index (χ0n) is 8.88. The minimum absolute atomic E-state index is 0.0264. The Morgan fingerprint density at radius 3 is 2.38 bits per heavy atom. The molecular formula is C10H21OS2. The number of hydrogen-bond donors (Lipinski definition) is 1. The van der Waals surface area contributed by atoms with Crippen LogP contribution in [0.1, 0.15) is 33.6 Å². The van der Waals surface area contributed by atoms with E-state index in [9.17, 15) is 5.11 Å². The van der Waals surface area contributed by atoms with Gasteiger partial charge in [-0.15, -0.1) is 0 Å². The second-order valence-corrected chi connectivity index (χ2v) is 5.97. The van der Waals surface area contributed by atoms with Crippen molar-refractivity contribution in [1.29, 1.82) is 0 Å². The van der Waals surface area contributed by atoms with Crippen LogP contribution < -0.4 is 0 Å². The van der Waals surface area contributed by atoms with E-state index in [1.165, 1.54) is 0 Å². The fourth-order valence-electron chi connectivity index (χ4n) is 0.891. The molecule has 0 aromatic carbocycles. The number of thioether (sulfide) groups is 1. The summed E-state index contributed by atoms with van der Waals surface area (Å²) in [6.45, 7) is 6.22. The molecule has 1 N–H and O–H groups in total. The number of hydrogen-bond acceptors (Lipinski definition) is 2. The molecule has 0 aliphatic carbocycles. The predicted octanol–water partition coefficient (Wildman–Crippen LogP) is 3.10. The summed E-state index contributed by atoms with van der Waals surface area (Å²) in [6, 6.07) is 0. The third-order valence-electron chi connectivity index (χ3n) is 1.97. The first-order chi connectivity index (χ1) is 5.98. The lowest BCUT2D eigenvalue weighted by Crippen LogP contribution is -2.26. The van der Waals surface area contributed by atoms with Crippen LogP contribution in [0.4, 0.5) is 0 Å². The van der Waals surface area contributed by atoms with E-state index in [1.54, 1.807) is 0 Å². The Balaban J connectivity index is 3.32. The molecule has 1 unspecified atom stereocenters. The molecule has 0 fully saturated rings. The average Bonchev–Trinajstić information content (AvgIpc) is 2.02. The topological polar surface area (TPSA) is 20.2 Å². The molecule has 0 aliphatic rings. The van der Waals surface area contributed by atoms with Gasteiger partial charge in [0.1, 0.15) is 0 Å². The maximum Gasteiger partial charge on any atom is 0.0596 e. The van der Waals surface area contributed by atoms with Gasteiger partial charge in [-0.2, -0.15) is 11.8 Å². The monoisotopic (exact) mass is 221 g/mol. The highest BCUT2D eigenvalue weighted by Gasteiger charge is 2.21. The Morgan fingerprint density at radius 1 is 1.31 bits per heavy atom. The van der Waals surface area contributed by atoms with Crippen LogP contribution in [-0.4, -0.2) is 28.5 Å². The number of aliphatic hydroxyl groups is 1. The van der Waals surface area contributed by atoms with E-state index in [2.05, 4.69) is 20.8 Å². The van der Waals surface area contributed by atoms with Crippen molar-refractivity contribution in [3.05, 3.63) is 0 Å². The van der Waals surface area contributed by atoms with E-state index in [1.807, 2.05) is 11.8 Å². The third kappa shape index (κ3) is 7.71. The van der Waals surface area contributed by atoms with E-state index in [4.69, 9.17) is 12.6 Å². The Labute approximate surface area is 92.1 Å². The van der Waals surface area contributed by atoms with Crippen LogP contribution in [0.2, 0.25) is 0 Å². The summed E-state index contributed by atoms with van der Waals surface area (Å²) in [7, 11) is 0. The Morgan fingerprint density at radius 2 is 1.92 bits per heavy atom. The zero-order chi connectivity index (χ0) is 10.3. The van der Waals surface area contributed by atoms with Crippen molar-refractivity contribution >= 4 is 24.4 Å². The first kappa shape index (κ1) is 13.7. The summed E-state index contributed by atoms with van der Waals surface area (Å²) in [5.41, 5.74) is 0.0264. The first-order valence-electron chi connectivity index (χ1n) is 4.82. The SMILES string of the molecule is CC(C)(C)C(O)CCSCCC[S]. The van der Waals surface area contributed by atoms with Crippen molar-refractivity contribution in [2.45, 2.75) is 39.7 Å². The van der Waals surface area contributed by atoms with Crippen LogP contribution in [0.3, 0.4) is 0 Å². The predicted molar refractivity (Wildman–Crippen MR) is 64.5 cm³/mol. The Bertz CT molecular complexity index is 121. The molecule has 79 valence electrons. The molecular weight excluding hydrogens is 200 g/mol. The van der Waals surface area contributed by atoms with Crippen molar-refractivity contribution in [2.24, 2.45) is 5.41 Å². The van der Waals surface area contributed by atoms with Gasteiger partial charge in [0.2, 0.25) is 0 Å². The van der Waals surface area contributed by atoms with E-state index in [0.29, 0.717) is 0 Å². The van der Waals surface area contributed by atoms with Gasteiger partial charge in [-0.1, -0.05) is 33.4 Å². The van der Waals surface area contributed by atoms with E-state index >= 15 is 0 Å². The maximum absolute atomic E-state index is 9.71. The molecule has 0 aromatic rings. The molecule has 13 heavy (non-hydrogen) atoms. The minimum atomic E-state index is -0.177. The molecule has 3 heteroatoms. The largest absolute Gasteiger partial charge is 0.393 e. The molecule has 1 atom stereocenters. The molecule has 0 saturated carbocycles. The molecule has 0 rings (SSSR count). The van der Waals surface area contributed by atoms with Crippen LogP contribution >= 0.6 is 24.4 Å². The number of aliphatic hydroxyl groups excluding tert-OH is 1. The normalized spacial score (nSPS) is 14.5. The molecule has 0 spiro atoms. The summed E-state index contributed by atoms with van der Waals surface area (Å²) < 4.78 is 0.